The second-order valence-electron chi connectivity index (χ2n) is 11.7. The molecular weight excluding hydrogens is 578 g/mol. The van der Waals surface area contributed by atoms with Gasteiger partial charge in [-0.05, 0) is 55.7 Å². The van der Waals surface area contributed by atoms with Gasteiger partial charge in [0.05, 0.1) is 35.5 Å². The molecule has 1 fully saturated rings. The van der Waals surface area contributed by atoms with Crippen LogP contribution >= 0.6 is 0 Å². The maximum atomic E-state index is 13.9. The molecule has 43 heavy (non-hydrogen) atoms. The van der Waals surface area contributed by atoms with Gasteiger partial charge in [0.2, 0.25) is 11.7 Å². The lowest BCUT2D eigenvalue weighted by Gasteiger charge is -2.51. The summed E-state index contributed by atoms with van der Waals surface area (Å²) in [6.45, 7) is 4.44. The predicted molar refractivity (Wildman–Crippen MR) is 151 cm³/mol. The molecule has 3 aromatic rings. The molecule has 13 heteroatoms. The largest absolute Gasteiger partial charge is 0.633 e. The van der Waals surface area contributed by atoms with Crippen molar-refractivity contribution in [3.05, 3.63) is 87.4 Å². The number of rotatable bonds is 5. The van der Waals surface area contributed by atoms with Crippen molar-refractivity contribution in [1.82, 2.24) is 9.63 Å². The number of aromatic nitrogens is 1. The lowest BCUT2D eigenvalue weighted by atomic mass is 9.81. The minimum Gasteiger partial charge on any atom is -0.633 e. The van der Waals surface area contributed by atoms with Crippen molar-refractivity contribution in [2.45, 2.75) is 38.5 Å². The van der Waals surface area contributed by atoms with Crippen molar-refractivity contribution in [2.75, 3.05) is 45.2 Å². The second-order valence-corrected chi connectivity index (χ2v) is 11.7. The third kappa shape index (κ3) is 6.54. The zero-order valence-electron chi connectivity index (χ0n) is 24.3. The predicted octanol–water partition coefficient (Wildman–Crippen LogP) is 6.80. The third-order valence-electron chi connectivity index (χ3n) is 8.10. The molecule has 1 aliphatic heterocycles. The Hall–Kier alpha value is -3.52. The average Bonchev–Trinajstić information content (AvgIpc) is 2.92. The second kappa shape index (κ2) is 10.9. The molecule has 0 N–H and O–H groups in total. The molecule has 1 amide bonds. The Morgan fingerprint density at radius 2 is 1.35 bits per heavy atom. The molecule has 0 aliphatic carbocycles. The number of benzene rings is 2. The number of hydrogen-bond acceptors (Lipinski definition) is 4. The molecule has 0 atom stereocenters. The van der Waals surface area contributed by atoms with E-state index >= 15 is 0 Å². The van der Waals surface area contributed by atoms with Gasteiger partial charge in [0.25, 0.3) is 0 Å². The van der Waals surface area contributed by atoms with E-state index in [9.17, 15) is 41.6 Å². The number of hydrogen-bond donors (Lipinski definition) is 0. The van der Waals surface area contributed by atoms with Crippen LogP contribution in [0.4, 0.5) is 37.8 Å². The first-order valence-electron chi connectivity index (χ1n) is 13.4. The lowest BCUT2D eigenvalue weighted by molar-refractivity contribution is -0.864. The summed E-state index contributed by atoms with van der Waals surface area (Å²) in [5, 5.41) is 26.1. The van der Waals surface area contributed by atoms with Gasteiger partial charge in [-0.1, -0.05) is 24.3 Å². The van der Waals surface area contributed by atoms with Gasteiger partial charge in [0.15, 0.2) is 0 Å². The van der Waals surface area contributed by atoms with Crippen LogP contribution in [0.2, 0.25) is 0 Å². The fourth-order valence-corrected chi connectivity index (χ4v) is 5.18. The van der Waals surface area contributed by atoms with Crippen LogP contribution in [0.5, 0.6) is 0 Å². The number of likely N-dealkylation sites (N-methyl/N-ethyl adjacent to an activating group) is 2. The molecule has 2 heterocycles. The minimum absolute atomic E-state index is 0.0154. The average molecular weight is 611 g/mol. The Labute approximate surface area is 245 Å². The summed E-state index contributed by atoms with van der Waals surface area (Å²) in [5.41, 5.74) is -3.30. The van der Waals surface area contributed by atoms with E-state index in [4.69, 9.17) is 0 Å². The summed E-state index contributed by atoms with van der Waals surface area (Å²) in [7, 11) is 2.84. The van der Waals surface area contributed by atoms with Crippen LogP contribution in [-0.4, -0.2) is 55.8 Å². The molecule has 7 nitrogen and oxygen atoms in total. The SMILES string of the molecule is Cc1ccccc1-c1cc([N+]2([O-])CC[N+](C)([O-])CC2)ncc1N(C)C(=O)C(C)(C)c1cc(C(F)(F)F)cc(C(F)(F)F)c1. The molecule has 0 bridgehead atoms. The Balaban J connectivity index is 1.82. The number of piperazine rings is 1. The van der Waals surface area contributed by atoms with E-state index in [1.165, 1.54) is 40.2 Å². The summed E-state index contributed by atoms with van der Waals surface area (Å²) in [5.74, 6) is -0.678. The quantitative estimate of drug-likeness (QED) is 0.181. The van der Waals surface area contributed by atoms with E-state index in [2.05, 4.69) is 4.98 Å². The van der Waals surface area contributed by atoms with E-state index in [-0.39, 0.29) is 43.8 Å². The maximum Gasteiger partial charge on any atom is 0.416 e. The number of alkyl halides is 6. The molecule has 0 saturated carbocycles. The molecule has 0 radical (unpaired) electrons. The number of carbonyl (C=O) groups is 1. The van der Waals surface area contributed by atoms with Crippen LogP contribution in [0.3, 0.4) is 0 Å². The van der Waals surface area contributed by atoms with E-state index in [1.54, 1.807) is 18.2 Å². The molecule has 232 valence electrons. The fraction of sp³-hybridized carbons (Fsp3) is 0.400. The zero-order chi connectivity index (χ0) is 32.2. The van der Waals surface area contributed by atoms with Crippen molar-refractivity contribution >= 4 is 17.4 Å². The first-order chi connectivity index (χ1) is 19.7. The normalized spacial score (nSPS) is 21.5. The van der Waals surface area contributed by atoms with Crippen molar-refractivity contribution < 1.29 is 35.8 Å². The topological polar surface area (TPSA) is 79.3 Å². The standard InChI is InChI=1S/C30H32F6N4O3/c1-19-8-6-7-9-23(19)24-17-26(40(43)12-10-39(5,42)11-13-40)37-18-25(24)38(4)27(41)28(2,3)20-14-21(29(31,32)33)16-22(15-20)30(34,35)36/h6-9,14-18H,10-13H2,1-5H3. The number of halogens is 6. The number of pyridine rings is 1. The Morgan fingerprint density at radius 3 is 1.86 bits per heavy atom. The van der Waals surface area contributed by atoms with E-state index in [0.29, 0.717) is 23.3 Å². The van der Waals surface area contributed by atoms with Crippen molar-refractivity contribution in [1.29, 1.82) is 0 Å². The third-order valence-corrected chi connectivity index (χ3v) is 8.10. The van der Waals surface area contributed by atoms with E-state index in [1.807, 2.05) is 13.0 Å². The molecule has 4 rings (SSSR count). The zero-order valence-corrected chi connectivity index (χ0v) is 24.3. The number of aryl methyl sites for hydroxylation is 1. The molecular formula is C30H32F6N4O3. The number of hydroxylamine groups is 5. The van der Waals surface area contributed by atoms with Crippen molar-refractivity contribution in [2.24, 2.45) is 0 Å². The lowest BCUT2D eigenvalue weighted by Crippen LogP contribution is -2.62. The van der Waals surface area contributed by atoms with Crippen molar-refractivity contribution in [3.63, 3.8) is 0 Å². The highest BCUT2D eigenvalue weighted by Crippen LogP contribution is 2.41. The number of anilines is 1. The highest BCUT2D eigenvalue weighted by atomic mass is 19.4. The van der Waals surface area contributed by atoms with Crippen LogP contribution in [0.15, 0.2) is 54.7 Å². The highest BCUT2D eigenvalue weighted by Gasteiger charge is 2.42. The monoisotopic (exact) mass is 610 g/mol. The van der Waals surface area contributed by atoms with Crippen LogP contribution in [0.25, 0.3) is 11.1 Å². The molecule has 2 aromatic carbocycles. The van der Waals surface area contributed by atoms with Gasteiger partial charge in [-0.2, -0.15) is 26.3 Å². The van der Waals surface area contributed by atoms with E-state index < -0.39 is 49.7 Å². The van der Waals surface area contributed by atoms with Gasteiger partial charge in [0.1, 0.15) is 26.2 Å². The molecule has 0 unspecified atom stereocenters. The molecule has 1 aliphatic rings. The summed E-state index contributed by atoms with van der Waals surface area (Å²) < 4.78 is 80.0. The Morgan fingerprint density at radius 1 is 0.837 bits per heavy atom. The van der Waals surface area contributed by atoms with Crippen LogP contribution in [-0.2, 0) is 22.6 Å². The minimum atomic E-state index is -5.08. The maximum absolute atomic E-state index is 13.9. The van der Waals surface area contributed by atoms with Gasteiger partial charge in [-0.25, -0.2) is 4.98 Å². The first kappa shape index (κ1) is 32.4. The van der Waals surface area contributed by atoms with Crippen molar-refractivity contribution in [3.8, 4) is 11.1 Å². The molecule has 0 spiro atoms. The summed E-state index contributed by atoms with van der Waals surface area (Å²) in [6, 6.07) is 9.78. The van der Waals surface area contributed by atoms with Gasteiger partial charge in [-0.15, -0.1) is 0 Å². The molecule has 1 aromatic heterocycles. The fourth-order valence-electron chi connectivity index (χ4n) is 5.18. The Kier molecular flexibility index (Phi) is 8.20. The van der Waals surface area contributed by atoms with Gasteiger partial charge >= 0.3 is 12.4 Å². The van der Waals surface area contributed by atoms with Gasteiger partial charge in [-0.3, -0.25) is 4.79 Å². The summed E-state index contributed by atoms with van der Waals surface area (Å²) >= 11 is 0. The number of amides is 1. The summed E-state index contributed by atoms with van der Waals surface area (Å²) in [4.78, 5) is 19.4. The van der Waals surface area contributed by atoms with Gasteiger partial charge < -0.3 is 24.6 Å². The molecule has 1 saturated heterocycles. The van der Waals surface area contributed by atoms with Crippen LogP contribution in [0.1, 0.15) is 36.1 Å². The number of carbonyl (C=O) groups excluding carboxylic acids is 1. The number of quaternary nitrogens is 2. The highest BCUT2D eigenvalue weighted by molar-refractivity contribution is 6.03. The summed E-state index contributed by atoms with van der Waals surface area (Å²) in [6.07, 6.45) is -8.85. The number of nitrogens with zero attached hydrogens (tertiary/aromatic N) is 4. The van der Waals surface area contributed by atoms with Gasteiger partial charge in [0, 0.05) is 18.7 Å². The van der Waals surface area contributed by atoms with Crippen LogP contribution in [0, 0.1) is 17.3 Å². The smallest absolute Gasteiger partial charge is 0.416 e. The first-order valence-corrected chi connectivity index (χ1v) is 13.4. The van der Waals surface area contributed by atoms with E-state index in [0.717, 1.165) is 10.5 Å². The Bertz CT molecular complexity index is 1490. The van der Waals surface area contributed by atoms with Crippen LogP contribution < -0.4 is 9.55 Å².